The Morgan fingerprint density at radius 2 is 1.61 bits per heavy atom. The lowest BCUT2D eigenvalue weighted by Crippen LogP contribution is -2.53. The number of hydrogen-bond acceptors (Lipinski definition) is 7. The van der Waals surface area contributed by atoms with Crippen molar-refractivity contribution in [1.29, 1.82) is 0 Å². The molecule has 0 saturated carbocycles. The van der Waals surface area contributed by atoms with E-state index < -0.39 is 42.1 Å². The van der Waals surface area contributed by atoms with Crippen LogP contribution in [0.1, 0.15) is 27.2 Å². The quantitative estimate of drug-likeness (QED) is 0.469. The molecule has 3 N–H and O–H groups in total. The molecular formula is C14H24N2O7. The van der Waals surface area contributed by atoms with Gasteiger partial charge in [0.05, 0.1) is 25.6 Å². The predicted molar refractivity (Wildman–Crippen MR) is 79.0 cm³/mol. The Balaban J connectivity index is 5.14. The molecule has 0 aromatic heterocycles. The molecule has 9 nitrogen and oxygen atoms in total. The largest absolute Gasteiger partial charge is 0.466 e. The van der Waals surface area contributed by atoms with Crippen molar-refractivity contribution in [3.8, 4) is 0 Å². The minimum atomic E-state index is -1.40. The average molecular weight is 332 g/mol. The van der Waals surface area contributed by atoms with Crippen molar-refractivity contribution in [2.24, 2.45) is 11.7 Å². The van der Waals surface area contributed by atoms with Crippen molar-refractivity contribution in [2.45, 2.75) is 33.2 Å². The van der Waals surface area contributed by atoms with Crippen LogP contribution in [0.25, 0.3) is 0 Å². The second-order valence-electron chi connectivity index (χ2n) is 4.45. The van der Waals surface area contributed by atoms with Crippen molar-refractivity contribution in [3.05, 3.63) is 0 Å². The zero-order valence-electron chi connectivity index (χ0n) is 13.6. The second kappa shape index (κ2) is 11.4. The highest BCUT2D eigenvalue weighted by Gasteiger charge is 2.37. The zero-order chi connectivity index (χ0) is 17.8. The molecule has 0 unspecified atom stereocenters. The second-order valence-corrected chi connectivity index (χ2v) is 4.45. The molecule has 0 aromatic carbocycles. The van der Waals surface area contributed by atoms with Crippen molar-refractivity contribution in [1.82, 2.24) is 5.32 Å². The van der Waals surface area contributed by atoms with Gasteiger partial charge in [-0.1, -0.05) is 0 Å². The Morgan fingerprint density at radius 1 is 1.00 bits per heavy atom. The number of esters is 2. The molecule has 0 aliphatic carbocycles. The number of hydrogen-bond donors (Lipinski definition) is 2. The van der Waals surface area contributed by atoms with Crippen LogP contribution in [-0.2, 0) is 33.4 Å². The summed E-state index contributed by atoms with van der Waals surface area (Å²) in [6, 6.07) is -1.40. The molecule has 132 valence electrons. The van der Waals surface area contributed by atoms with Crippen molar-refractivity contribution in [3.63, 3.8) is 0 Å². The summed E-state index contributed by atoms with van der Waals surface area (Å²) < 4.78 is 14.5. The van der Waals surface area contributed by atoms with E-state index in [1.165, 1.54) is 0 Å². The number of amides is 2. The van der Waals surface area contributed by atoms with Crippen LogP contribution in [0.15, 0.2) is 0 Å². The Hall–Kier alpha value is -2.16. The SMILES string of the molecule is CCOCC(=O)N[C@H](C(N)=O)[C@H](CC(=O)OCC)C(=O)OCC. The lowest BCUT2D eigenvalue weighted by Gasteiger charge is -2.23. The molecule has 0 aliphatic heterocycles. The van der Waals surface area contributed by atoms with E-state index in [2.05, 4.69) is 5.32 Å². The maximum Gasteiger partial charge on any atom is 0.312 e. The third-order valence-electron chi connectivity index (χ3n) is 2.74. The fourth-order valence-electron chi connectivity index (χ4n) is 1.77. The molecule has 0 radical (unpaired) electrons. The lowest BCUT2D eigenvalue weighted by atomic mass is 9.95. The van der Waals surface area contributed by atoms with Crippen LogP contribution in [-0.4, -0.2) is 56.2 Å². The Labute approximate surface area is 134 Å². The number of carbonyl (C=O) groups is 4. The Bertz CT molecular complexity index is 425. The van der Waals surface area contributed by atoms with E-state index >= 15 is 0 Å². The van der Waals surface area contributed by atoms with Gasteiger partial charge in [0.15, 0.2) is 0 Å². The molecule has 0 heterocycles. The van der Waals surface area contributed by atoms with Crippen LogP contribution in [0.2, 0.25) is 0 Å². The van der Waals surface area contributed by atoms with Gasteiger partial charge in [-0.05, 0) is 20.8 Å². The summed E-state index contributed by atoms with van der Waals surface area (Å²) in [6.45, 7) is 5.05. The minimum Gasteiger partial charge on any atom is -0.466 e. The van der Waals surface area contributed by atoms with E-state index in [1.54, 1.807) is 20.8 Å². The third-order valence-corrected chi connectivity index (χ3v) is 2.74. The first-order valence-electron chi connectivity index (χ1n) is 7.35. The van der Waals surface area contributed by atoms with E-state index in [0.29, 0.717) is 6.61 Å². The van der Waals surface area contributed by atoms with E-state index in [9.17, 15) is 19.2 Å². The van der Waals surface area contributed by atoms with Crippen LogP contribution in [0.4, 0.5) is 0 Å². The predicted octanol–water partition coefficient (Wildman–Crippen LogP) is -0.874. The molecule has 0 rings (SSSR count). The van der Waals surface area contributed by atoms with Gasteiger partial charge < -0.3 is 25.3 Å². The lowest BCUT2D eigenvalue weighted by molar-refractivity contribution is -0.157. The first kappa shape index (κ1) is 20.8. The number of rotatable bonds is 11. The molecule has 2 atom stereocenters. The van der Waals surface area contributed by atoms with E-state index in [4.69, 9.17) is 19.9 Å². The summed E-state index contributed by atoms with van der Waals surface area (Å²) in [6.07, 6.45) is -0.435. The molecular weight excluding hydrogens is 308 g/mol. The Morgan fingerprint density at radius 3 is 2.09 bits per heavy atom. The van der Waals surface area contributed by atoms with Crippen molar-refractivity contribution < 1.29 is 33.4 Å². The Kier molecular flexibility index (Phi) is 10.3. The number of ether oxygens (including phenoxy) is 3. The van der Waals surface area contributed by atoms with Crippen molar-refractivity contribution >= 4 is 23.8 Å². The molecule has 0 fully saturated rings. The molecule has 2 amide bonds. The van der Waals surface area contributed by atoms with Gasteiger partial charge in [-0.25, -0.2) is 0 Å². The third kappa shape index (κ3) is 8.15. The van der Waals surface area contributed by atoms with E-state index in [0.717, 1.165) is 0 Å². The highest BCUT2D eigenvalue weighted by molar-refractivity contribution is 5.93. The van der Waals surface area contributed by atoms with Crippen LogP contribution >= 0.6 is 0 Å². The number of nitrogens with two attached hydrogens (primary N) is 1. The van der Waals surface area contributed by atoms with Gasteiger partial charge in [0.25, 0.3) is 0 Å². The highest BCUT2D eigenvalue weighted by atomic mass is 16.5. The van der Waals surface area contributed by atoms with Gasteiger partial charge in [-0.2, -0.15) is 0 Å². The zero-order valence-corrected chi connectivity index (χ0v) is 13.6. The van der Waals surface area contributed by atoms with Crippen molar-refractivity contribution in [2.75, 3.05) is 26.4 Å². The summed E-state index contributed by atoms with van der Waals surface area (Å²) in [5, 5.41) is 2.29. The average Bonchev–Trinajstić information content (AvgIpc) is 2.48. The van der Waals surface area contributed by atoms with Crippen LogP contribution in [0.3, 0.4) is 0 Å². The molecule has 0 aromatic rings. The van der Waals surface area contributed by atoms with Crippen LogP contribution < -0.4 is 11.1 Å². The smallest absolute Gasteiger partial charge is 0.312 e. The van der Waals surface area contributed by atoms with Gasteiger partial charge in [0.2, 0.25) is 11.8 Å². The van der Waals surface area contributed by atoms with Gasteiger partial charge in [-0.15, -0.1) is 0 Å². The molecule has 9 heteroatoms. The maximum absolute atomic E-state index is 12.0. The monoisotopic (exact) mass is 332 g/mol. The van der Waals surface area contributed by atoms with Crippen LogP contribution in [0, 0.1) is 5.92 Å². The summed E-state index contributed by atoms with van der Waals surface area (Å²) >= 11 is 0. The number of nitrogens with one attached hydrogen (secondary N) is 1. The van der Waals surface area contributed by atoms with Crippen LogP contribution in [0.5, 0.6) is 0 Å². The summed E-state index contributed by atoms with van der Waals surface area (Å²) in [5.74, 6) is -4.37. The summed E-state index contributed by atoms with van der Waals surface area (Å²) in [4.78, 5) is 46.9. The first-order chi connectivity index (χ1) is 10.9. The molecule has 0 aliphatic rings. The maximum atomic E-state index is 12.0. The summed E-state index contributed by atoms with van der Waals surface area (Å²) in [7, 11) is 0. The van der Waals surface area contributed by atoms with Gasteiger partial charge in [0, 0.05) is 6.61 Å². The molecule has 23 heavy (non-hydrogen) atoms. The van der Waals surface area contributed by atoms with Gasteiger partial charge in [0.1, 0.15) is 12.6 Å². The standard InChI is InChI=1S/C14H24N2O7/c1-4-21-8-10(17)16-12(13(15)19)9(14(20)23-6-3)7-11(18)22-5-2/h9,12H,4-8H2,1-3H3,(H2,15,19)(H,16,17)/t9-,12-/m0/s1. The van der Waals surface area contributed by atoms with E-state index in [-0.39, 0.29) is 19.8 Å². The first-order valence-corrected chi connectivity index (χ1v) is 7.35. The highest BCUT2D eigenvalue weighted by Crippen LogP contribution is 2.13. The molecule has 0 spiro atoms. The fraction of sp³-hybridized carbons (Fsp3) is 0.714. The summed E-state index contributed by atoms with van der Waals surface area (Å²) in [5.41, 5.74) is 5.24. The number of primary amides is 1. The molecule has 0 bridgehead atoms. The molecule has 0 saturated heterocycles. The van der Waals surface area contributed by atoms with Gasteiger partial charge >= 0.3 is 11.9 Å². The van der Waals surface area contributed by atoms with Gasteiger partial charge in [-0.3, -0.25) is 19.2 Å². The topological polar surface area (TPSA) is 134 Å². The van der Waals surface area contributed by atoms with E-state index in [1.807, 2.05) is 0 Å². The fourth-order valence-corrected chi connectivity index (χ4v) is 1.77. The number of carbonyl (C=O) groups excluding carboxylic acids is 4. The normalized spacial score (nSPS) is 12.8. The minimum absolute atomic E-state index is 0.0521.